The van der Waals surface area contributed by atoms with Crippen LogP contribution in [0.25, 0.3) is 0 Å². The van der Waals surface area contributed by atoms with Crippen molar-refractivity contribution in [1.82, 2.24) is 4.57 Å². The van der Waals surface area contributed by atoms with Gasteiger partial charge in [0, 0.05) is 17.3 Å². The van der Waals surface area contributed by atoms with Crippen molar-refractivity contribution in [3.8, 4) is 0 Å². The molecule has 1 aromatic heterocycles. The van der Waals surface area contributed by atoms with Crippen LogP contribution in [0.15, 0.2) is 16.9 Å². The number of rotatable bonds is 5. The fourth-order valence-corrected chi connectivity index (χ4v) is 2.01. The molecule has 1 rings (SSSR count). The number of nitrogens with zero attached hydrogens (tertiary/aromatic N) is 1. The molecule has 0 radical (unpaired) electrons. The van der Waals surface area contributed by atoms with Gasteiger partial charge in [0.1, 0.15) is 0 Å². The lowest BCUT2D eigenvalue weighted by Crippen LogP contribution is -2.30. The molecule has 0 aromatic carbocycles. The molecule has 0 aliphatic rings. The van der Waals surface area contributed by atoms with E-state index in [1.165, 1.54) is 0 Å². The van der Waals surface area contributed by atoms with E-state index >= 15 is 0 Å². The lowest BCUT2D eigenvalue weighted by molar-refractivity contribution is -0.136. The maximum absolute atomic E-state index is 12.3. The number of carbonyl (C=O) groups is 1. The lowest BCUT2D eigenvalue weighted by atomic mass is 10.0. The summed E-state index contributed by atoms with van der Waals surface area (Å²) in [7, 11) is 0. The third-order valence-electron chi connectivity index (χ3n) is 3.19. The summed E-state index contributed by atoms with van der Waals surface area (Å²) in [5.74, 6) is -0.731. The monoisotopic (exact) mass is 251 g/mol. The Morgan fingerprint density at radius 3 is 2.39 bits per heavy atom. The molecular formula is C14H21NO3. The van der Waals surface area contributed by atoms with Crippen LogP contribution in [0.3, 0.4) is 0 Å². The second kappa shape index (κ2) is 5.85. The molecule has 0 bridgehead atoms. The molecule has 0 spiro atoms. The van der Waals surface area contributed by atoms with E-state index < -0.39 is 5.97 Å². The minimum atomic E-state index is -0.972. The molecule has 1 heterocycles. The van der Waals surface area contributed by atoms with E-state index in [1.807, 2.05) is 33.8 Å². The van der Waals surface area contributed by atoms with Gasteiger partial charge in [-0.15, -0.1) is 0 Å². The minimum Gasteiger partial charge on any atom is -0.481 e. The first-order valence-electron chi connectivity index (χ1n) is 6.34. The first kappa shape index (κ1) is 14.5. The summed E-state index contributed by atoms with van der Waals surface area (Å²) in [6.07, 6.45) is 0.629. The largest absolute Gasteiger partial charge is 0.481 e. The second-order valence-corrected chi connectivity index (χ2v) is 4.94. The van der Waals surface area contributed by atoms with E-state index in [2.05, 4.69) is 0 Å². The predicted octanol–water partition coefficient (Wildman–Crippen LogP) is 2.57. The standard InChI is InChI=1S/C14H21NO3/c1-5-10(4)15-12(9(2)3)7-6-11(14(15)18)8-13(16)17/h6-7,9-10H,5,8H2,1-4H3,(H,16,17). The molecule has 4 nitrogen and oxygen atoms in total. The number of hydrogen-bond acceptors (Lipinski definition) is 2. The Balaban J connectivity index is 3.40. The molecule has 1 aromatic rings. The molecule has 0 saturated heterocycles. The van der Waals surface area contributed by atoms with Crippen LogP contribution in [-0.4, -0.2) is 15.6 Å². The van der Waals surface area contributed by atoms with Crippen LogP contribution in [0.1, 0.15) is 57.3 Å². The van der Waals surface area contributed by atoms with E-state index in [9.17, 15) is 9.59 Å². The fraction of sp³-hybridized carbons (Fsp3) is 0.571. The number of carboxylic acid groups (broad SMARTS) is 1. The molecule has 100 valence electrons. The van der Waals surface area contributed by atoms with E-state index in [0.29, 0.717) is 5.56 Å². The lowest BCUT2D eigenvalue weighted by Gasteiger charge is -2.21. The van der Waals surface area contributed by atoms with Gasteiger partial charge in [0.25, 0.3) is 5.56 Å². The van der Waals surface area contributed by atoms with Crippen molar-refractivity contribution in [2.75, 3.05) is 0 Å². The molecule has 1 unspecified atom stereocenters. The van der Waals surface area contributed by atoms with Crippen molar-refractivity contribution in [3.05, 3.63) is 33.7 Å². The molecule has 1 atom stereocenters. The van der Waals surface area contributed by atoms with Crippen LogP contribution < -0.4 is 5.56 Å². The third-order valence-corrected chi connectivity index (χ3v) is 3.19. The van der Waals surface area contributed by atoms with Gasteiger partial charge >= 0.3 is 5.97 Å². The van der Waals surface area contributed by atoms with Crippen molar-refractivity contribution in [2.45, 2.75) is 52.5 Å². The first-order valence-corrected chi connectivity index (χ1v) is 6.34. The van der Waals surface area contributed by atoms with Gasteiger partial charge in [-0.25, -0.2) is 0 Å². The summed E-state index contributed by atoms with van der Waals surface area (Å²) < 4.78 is 1.74. The first-order chi connectivity index (χ1) is 8.38. The van der Waals surface area contributed by atoms with Gasteiger partial charge in [-0.1, -0.05) is 26.8 Å². The number of pyridine rings is 1. The topological polar surface area (TPSA) is 59.3 Å². The van der Waals surface area contributed by atoms with Crippen LogP contribution in [-0.2, 0) is 11.2 Å². The van der Waals surface area contributed by atoms with Crippen molar-refractivity contribution in [1.29, 1.82) is 0 Å². The van der Waals surface area contributed by atoms with Crippen molar-refractivity contribution < 1.29 is 9.90 Å². The molecule has 0 aliphatic heterocycles. The van der Waals surface area contributed by atoms with Gasteiger partial charge in [0.05, 0.1) is 6.42 Å². The average Bonchev–Trinajstić information content (AvgIpc) is 2.29. The SMILES string of the molecule is CCC(C)n1c(C(C)C)ccc(CC(=O)O)c1=O. The summed E-state index contributed by atoms with van der Waals surface area (Å²) in [5, 5.41) is 8.81. The van der Waals surface area contributed by atoms with Crippen LogP contribution in [0.2, 0.25) is 0 Å². The van der Waals surface area contributed by atoms with Crippen LogP contribution in [0.4, 0.5) is 0 Å². The highest BCUT2D eigenvalue weighted by atomic mass is 16.4. The summed E-state index contributed by atoms with van der Waals surface area (Å²) in [5.41, 5.74) is 1.15. The molecule has 0 amide bonds. The molecule has 0 saturated carbocycles. The molecule has 0 fully saturated rings. The van der Waals surface area contributed by atoms with Gasteiger partial charge in [0.15, 0.2) is 0 Å². The summed E-state index contributed by atoms with van der Waals surface area (Å²) in [6.45, 7) is 8.07. The third kappa shape index (κ3) is 3.00. The van der Waals surface area contributed by atoms with E-state index in [1.54, 1.807) is 10.6 Å². The Morgan fingerprint density at radius 1 is 1.33 bits per heavy atom. The molecule has 18 heavy (non-hydrogen) atoms. The quantitative estimate of drug-likeness (QED) is 0.875. The second-order valence-electron chi connectivity index (χ2n) is 4.94. The molecule has 1 N–H and O–H groups in total. The Bertz CT molecular complexity index is 488. The zero-order valence-electron chi connectivity index (χ0n) is 11.4. The summed E-state index contributed by atoms with van der Waals surface area (Å²) in [4.78, 5) is 23.1. The summed E-state index contributed by atoms with van der Waals surface area (Å²) in [6, 6.07) is 3.60. The number of carboxylic acids is 1. The van der Waals surface area contributed by atoms with Crippen molar-refractivity contribution in [2.24, 2.45) is 0 Å². The highest BCUT2D eigenvalue weighted by Gasteiger charge is 2.16. The zero-order valence-corrected chi connectivity index (χ0v) is 11.4. The smallest absolute Gasteiger partial charge is 0.308 e. The normalized spacial score (nSPS) is 12.7. The Morgan fingerprint density at radius 2 is 1.94 bits per heavy atom. The van der Waals surface area contributed by atoms with Gasteiger partial charge in [-0.2, -0.15) is 0 Å². The van der Waals surface area contributed by atoms with E-state index in [0.717, 1.165) is 12.1 Å². The number of aliphatic carboxylic acids is 1. The maximum atomic E-state index is 12.3. The molecule has 0 aliphatic carbocycles. The Kier molecular flexibility index (Phi) is 4.70. The zero-order chi connectivity index (χ0) is 13.9. The Labute approximate surface area is 107 Å². The molecular weight excluding hydrogens is 230 g/mol. The average molecular weight is 251 g/mol. The van der Waals surface area contributed by atoms with Crippen molar-refractivity contribution >= 4 is 5.97 Å². The van der Waals surface area contributed by atoms with Crippen LogP contribution >= 0.6 is 0 Å². The molecule has 4 heteroatoms. The van der Waals surface area contributed by atoms with Gasteiger partial charge in [-0.3, -0.25) is 9.59 Å². The predicted molar refractivity (Wildman–Crippen MR) is 71.1 cm³/mol. The van der Waals surface area contributed by atoms with Gasteiger partial charge in [0.2, 0.25) is 0 Å². The highest BCUT2D eigenvalue weighted by Crippen LogP contribution is 2.19. The number of aromatic nitrogens is 1. The van der Waals surface area contributed by atoms with Crippen LogP contribution in [0, 0.1) is 0 Å². The van der Waals surface area contributed by atoms with E-state index in [-0.39, 0.29) is 23.9 Å². The highest BCUT2D eigenvalue weighted by molar-refractivity contribution is 5.70. The maximum Gasteiger partial charge on any atom is 0.308 e. The minimum absolute atomic E-state index is 0.0867. The van der Waals surface area contributed by atoms with Gasteiger partial charge in [-0.05, 0) is 25.3 Å². The van der Waals surface area contributed by atoms with Crippen LogP contribution in [0.5, 0.6) is 0 Å². The summed E-state index contributed by atoms with van der Waals surface area (Å²) >= 11 is 0. The number of hydrogen-bond donors (Lipinski definition) is 1. The fourth-order valence-electron chi connectivity index (χ4n) is 2.01. The Hall–Kier alpha value is -1.58. The van der Waals surface area contributed by atoms with E-state index in [4.69, 9.17) is 5.11 Å². The van der Waals surface area contributed by atoms with Gasteiger partial charge < -0.3 is 9.67 Å². The van der Waals surface area contributed by atoms with Crippen molar-refractivity contribution in [3.63, 3.8) is 0 Å².